The Balaban J connectivity index is 1.96. The normalized spacial score (nSPS) is 11.4. The van der Waals surface area contributed by atoms with Gasteiger partial charge in [0.2, 0.25) is 5.91 Å². The van der Waals surface area contributed by atoms with E-state index in [1.54, 1.807) is 37.3 Å². The summed E-state index contributed by atoms with van der Waals surface area (Å²) < 4.78 is 10.7. The molecule has 0 saturated carbocycles. The van der Waals surface area contributed by atoms with Crippen LogP contribution in [0.2, 0.25) is 0 Å². The van der Waals surface area contributed by atoms with Crippen LogP contribution in [0.4, 0.5) is 0 Å². The van der Waals surface area contributed by atoms with Crippen LogP contribution in [0.25, 0.3) is 0 Å². The van der Waals surface area contributed by atoms with Gasteiger partial charge in [-0.05, 0) is 52.7 Å². The molecule has 2 N–H and O–H groups in total. The van der Waals surface area contributed by atoms with Gasteiger partial charge < -0.3 is 20.1 Å². The van der Waals surface area contributed by atoms with Gasteiger partial charge in [0.15, 0.2) is 0 Å². The zero-order chi connectivity index (χ0) is 20.0. The lowest BCUT2D eigenvalue weighted by atomic mass is 10.1. The first-order valence-corrected chi connectivity index (χ1v) is 9.55. The van der Waals surface area contributed by atoms with E-state index in [1.807, 2.05) is 0 Å². The number of methoxy groups -OCH3 is 2. The number of carbonyl (C=O) groups is 3. The molecule has 1 aromatic heterocycles. The summed E-state index contributed by atoms with van der Waals surface area (Å²) in [6.07, 6.45) is 0. The molecule has 1 unspecified atom stereocenters. The van der Waals surface area contributed by atoms with Crippen molar-refractivity contribution in [3.8, 4) is 5.75 Å². The lowest BCUT2D eigenvalue weighted by Crippen LogP contribution is -2.44. The smallest absolute Gasteiger partial charge is 0.341 e. The lowest BCUT2D eigenvalue weighted by Gasteiger charge is -2.14. The highest BCUT2D eigenvalue weighted by Gasteiger charge is 2.18. The number of carbonyl (C=O) groups excluding carboxylic acids is 3. The van der Waals surface area contributed by atoms with Gasteiger partial charge in [-0.25, -0.2) is 4.79 Å². The lowest BCUT2D eigenvalue weighted by molar-refractivity contribution is -0.122. The van der Waals surface area contributed by atoms with Gasteiger partial charge in [-0.2, -0.15) is 0 Å². The molecule has 1 heterocycles. The molecule has 2 rings (SSSR count). The van der Waals surface area contributed by atoms with Crippen LogP contribution in [0.5, 0.6) is 5.75 Å². The molecule has 2 amide bonds. The van der Waals surface area contributed by atoms with Crippen LogP contribution in [0.15, 0.2) is 34.1 Å². The van der Waals surface area contributed by atoms with E-state index >= 15 is 0 Å². The molecule has 0 radical (unpaired) electrons. The summed E-state index contributed by atoms with van der Waals surface area (Å²) in [5, 5.41) is 5.38. The number of benzene rings is 1. The molecular weight excluding hydrogens is 436 g/mol. The topological polar surface area (TPSA) is 93.7 Å². The van der Waals surface area contributed by atoms with Crippen molar-refractivity contribution in [2.75, 3.05) is 14.2 Å². The van der Waals surface area contributed by atoms with E-state index in [-0.39, 0.29) is 23.9 Å². The standard InChI is InChI=1S/C18H19BrN2O5S/c1-10(21-17(23)14-6-7-15(19)27-14)16(22)20-9-11-4-5-13(25-2)12(8-11)18(24)26-3/h4-8,10H,9H2,1-3H3,(H,20,22)(H,21,23). The molecule has 0 aliphatic heterocycles. The molecule has 27 heavy (non-hydrogen) atoms. The highest BCUT2D eigenvalue weighted by molar-refractivity contribution is 9.11. The predicted octanol–water partition coefficient (Wildman–Crippen LogP) is 2.74. The maximum atomic E-state index is 12.2. The number of rotatable bonds is 7. The van der Waals surface area contributed by atoms with E-state index in [0.717, 1.165) is 3.79 Å². The van der Waals surface area contributed by atoms with Crippen molar-refractivity contribution in [2.45, 2.75) is 19.5 Å². The minimum atomic E-state index is -0.711. The molecule has 1 atom stereocenters. The van der Waals surface area contributed by atoms with Crippen molar-refractivity contribution < 1.29 is 23.9 Å². The number of esters is 1. The Hall–Kier alpha value is -2.39. The van der Waals surface area contributed by atoms with E-state index in [1.165, 1.54) is 25.6 Å². The summed E-state index contributed by atoms with van der Waals surface area (Å²) in [6, 6.07) is 7.70. The molecule has 0 aliphatic carbocycles. The van der Waals surface area contributed by atoms with Gasteiger partial charge in [-0.1, -0.05) is 6.07 Å². The van der Waals surface area contributed by atoms with Crippen LogP contribution in [-0.2, 0) is 16.1 Å². The third kappa shape index (κ3) is 5.54. The van der Waals surface area contributed by atoms with Crippen molar-refractivity contribution in [3.05, 3.63) is 50.1 Å². The van der Waals surface area contributed by atoms with Gasteiger partial charge in [0.25, 0.3) is 5.91 Å². The second-order valence-electron chi connectivity index (χ2n) is 5.54. The van der Waals surface area contributed by atoms with Crippen molar-refractivity contribution in [3.63, 3.8) is 0 Å². The van der Waals surface area contributed by atoms with Crippen LogP contribution >= 0.6 is 27.3 Å². The Morgan fingerprint density at radius 1 is 1.19 bits per heavy atom. The zero-order valence-electron chi connectivity index (χ0n) is 15.0. The molecule has 0 spiro atoms. The molecule has 0 aliphatic rings. The summed E-state index contributed by atoms with van der Waals surface area (Å²) in [6.45, 7) is 1.79. The Morgan fingerprint density at radius 3 is 2.52 bits per heavy atom. The molecular formula is C18H19BrN2O5S. The monoisotopic (exact) mass is 454 g/mol. The molecule has 0 bridgehead atoms. The highest BCUT2D eigenvalue weighted by Crippen LogP contribution is 2.22. The first-order valence-electron chi connectivity index (χ1n) is 7.94. The average Bonchev–Trinajstić information content (AvgIpc) is 3.11. The summed E-state index contributed by atoms with van der Waals surface area (Å²) in [5.41, 5.74) is 0.974. The number of amides is 2. The minimum absolute atomic E-state index is 0.192. The van der Waals surface area contributed by atoms with Crippen molar-refractivity contribution in [2.24, 2.45) is 0 Å². The SMILES string of the molecule is COC(=O)c1cc(CNC(=O)C(C)NC(=O)c2ccc(Br)s2)ccc1OC. The highest BCUT2D eigenvalue weighted by atomic mass is 79.9. The maximum Gasteiger partial charge on any atom is 0.341 e. The van der Waals surface area contributed by atoms with Crippen LogP contribution in [0, 0.1) is 0 Å². The molecule has 0 fully saturated rings. The molecule has 2 aromatic rings. The van der Waals surface area contributed by atoms with Crippen LogP contribution in [-0.4, -0.2) is 38.0 Å². The van der Waals surface area contributed by atoms with Crippen molar-refractivity contribution in [1.82, 2.24) is 10.6 Å². The first-order chi connectivity index (χ1) is 12.8. The van der Waals surface area contributed by atoms with Crippen molar-refractivity contribution >= 4 is 45.1 Å². The Kier molecular flexibility index (Phi) is 7.37. The fraction of sp³-hybridized carbons (Fsp3) is 0.278. The van der Waals surface area contributed by atoms with Crippen molar-refractivity contribution in [1.29, 1.82) is 0 Å². The van der Waals surface area contributed by atoms with Gasteiger partial charge in [-0.15, -0.1) is 11.3 Å². The minimum Gasteiger partial charge on any atom is -0.496 e. The van der Waals surface area contributed by atoms with Gasteiger partial charge in [-0.3, -0.25) is 9.59 Å². The third-order valence-corrected chi connectivity index (χ3v) is 5.30. The molecule has 9 heteroatoms. The molecule has 1 aromatic carbocycles. The maximum absolute atomic E-state index is 12.2. The van der Waals surface area contributed by atoms with Gasteiger partial charge in [0, 0.05) is 6.54 Å². The zero-order valence-corrected chi connectivity index (χ0v) is 17.4. The van der Waals surface area contributed by atoms with E-state index in [0.29, 0.717) is 16.2 Å². The quantitative estimate of drug-likeness (QED) is 0.627. The van der Waals surface area contributed by atoms with E-state index in [9.17, 15) is 14.4 Å². The van der Waals surface area contributed by atoms with E-state index in [2.05, 4.69) is 26.6 Å². The third-order valence-electron chi connectivity index (χ3n) is 3.67. The van der Waals surface area contributed by atoms with Crippen LogP contribution < -0.4 is 15.4 Å². The summed E-state index contributed by atoms with van der Waals surface area (Å²) >= 11 is 4.58. The van der Waals surface area contributed by atoms with E-state index in [4.69, 9.17) is 9.47 Å². The molecule has 144 valence electrons. The first kappa shape index (κ1) is 20.9. The Labute approximate surface area is 169 Å². The van der Waals surface area contributed by atoms with Gasteiger partial charge >= 0.3 is 5.97 Å². The number of nitrogens with one attached hydrogen (secondary N) is 2. The second kappa shape index (κ2) is 9.52. The largest absolute Gasteiger partial charge is 0.496 e. The second-order valence-corrected chi connectivity index (χ2v) is 8.01. The summed E-state index contributed by atoms with van der Waals surface area (Å²) in [4.78, 5) is 36.7. The van der Waals surface area contributed by atoms with Gasteiger partial charge in [0.05, 0.1) is 22.9 Å². The summed E-state index contributed by atoms with van der Waals surface area (Å²) in [7, 11) is 2.74. The van der Waals surface area contributed by atoms with Crippen LogP contribution in [0.1, 0.15) is 32.5 Å². The van der Waals surface area contributed by atoms with Crippen LogP contribution in [0.3, 0.4) is 0 Å². The average molecular weight is 455 g/mol. The predicted molar refractivity (Wildman–Crippen MR) is 105 cm³/mol. The fourth-order valence-electron chi connectivity index (χ4n) is 2.25. The molecule has 0 saturated heterocycles. The Morgan fingerprint density at radius 2 is 1.93 bits per heavy atom. The number of hydrogen-bond donors (Lipinski definition) is 2. The number of thiophene rings is 1. The van der Waals surface area contributed by atoms with Gasteiger partial charge in [0.1, 0.15) is 17.4 Å². The summed E-state index contributed by atoms with van der Waals surface area (Å²) in [5.74, 6) is -0.789. The number of halogens is 1. The molecule has 7 nitrogen and oxygen atoms in total. The number of hydrogen-bond acceptors (Lipinski definition) is 6. The van der Waals surface area contributed by atoms with E-state index < -0.39 is 12.0 Å². The number of ether oxygens (including phenoxy) is 2. The Bertz CT molecular complexity index is 852. The fourth-order valence-corrected chi connectivity index (χ4v) is 3.54.